The minimum absolute atomic E-state index is 0.150. The Morgan fingerprint density at radius 1 is 1.26 bits per heavy atom. The van der Waals surface area contributed by atoms with Crippen LogP contribution in [0.4, 0.5) is 0 Å². The Bertz CT molecular complexity index is 819. The van der Waals surface area contributed by atoms with Crippen LogP contribution in [-0.2, 0) is 6.54 Å². The Balaban J connectivity index is 1.76. The minimum atomic E-state index is -0.296. The molecule has 1 amide bonds. The highest BCUT2D eigenvalue weighted by atomic mass is 32.2. The summed E-state index contributed by atoms with van der Waals surface area (Å²) in [5, 5.41) is 2.75. The number of amides is 1. The number of H-pyrrole nitrogens is 1. The first-order chi connectivity index (χ1) is 11.1. The predicted octanol–water partition coefficient (Wildman–Crippen LogP) is 1.53. The van der Waals surface area contributed by atoms with Gasteiger partial charge in [0.25, 0.3) is 11.5 Å². The Labute approximate surface area is 136 Å². The van der Waals surface area contributed by atoms with Gasteiger partial charge in [-0.1, -0.05) is 0 Å². The molecule has 0 bridgehead atoms. The Hall–Kier alpha value is -2.45. The van der Waals surface area contributed by atoms with Crippen molar-refractivity contribution < 1.29 is 14.5 Å². The first-order valence-electron chi connectivity index (χ1n) is 6.86. The molecule has 0 saturated heterocycles. The molecule has 120 valence electrons. The molecule has 0 saturated carbocycles. The van der Waals surface area contributed by atoms with Gasteiger partial charge in [-0.15, -0.1) is 11.8 Å². The molecule has 0 atom stereocenters. The van der Waals surface area contributed by atoms with Crippen LogP contribution in [0.25, 0.3) is 0 Å². The third-order valence-electron chi connectivity index (χ3n) is 3.38. The number of carbonyl (C=O) groups excluding carboxylic acids is 1. The number of nitrogens with one attached hydrogen (secondary N) is 3. The Morgan fingerprint density at radius 2 is 2.04 bits per heavy atom. The number of aromatic nitrogens is 1. The van der Waals surface area contributed by atoms with E-state index in [1.165, 1.54) is 11.8 Å². The van der Waals surface area contributed by atoms with E-state index in [1.54, 1.807) is 18.2 Å². The fourth-order valence-corrected chi connectivity index (χ4v) is 2.94. The number of rotatable bonds is 4. The smallest absolute Gasteiger partial charge is 0.254 e. The van der Waals surface area contributed by atoms with Crippen molar-refractivity contribution in [2.45, 2.75) is 18.4 Å². The summed E-state index contributed by atoms with van der Waals surface area (Å²) < 4.78 is 0. The van der Waals surface area contributed by atoms with Gasteiger partial charge in [-0.25, -0.2) is 0 Å². The second kappa shape index (κ2) is 6.35. The van der Waals surface area contributed by atoms with Crippen molar-refractivity contribution in [2.24, 2.45) is 0 Å². The molecule has 3 N–H and O–H groups in total. The van der Waals surface area contributed by atoms with Crippen LogP contribution in [0.1, 0.15) is 21.6 Å². The summed E-state index contributed by atoms with van der Waals surface area (Å²) in [6, 6.07) is 6.72. The third-order valence-corrected chi connectivity index (χ3v) is 4.19. The van der Waals surface area contributed by atoms with Crippen LogP contribution < -0.4 is 26.2 Å². The molecular weight excluding hydrogens is 318 g/mol. The fraction of sp³-hybridized carbons (Fsp3) is 0.200. The highest BCUT2D eigenvalue weighted by molar-refractivity contribution is 7.98. The van der Waals surface area contributed by atoms with E-state index in [0.717, 1.165) is 10.6 Å². The number of hydrogen-bond acceptors (Lipinski definition) is 6. The first kappa shape index (κ1) is 15.4. The lowest BCUT2D eigenvalue weighted by Gasteiger charge is -2.09. The van der Waals surface area contributed by atoms with Crippen LogP contribution in [-0.4, -0.2) is 17.1 Å². The maximum atomic E-state index is 12.2. The molecule has 7 nitrogen and oxygen atoms in total. The number of carbonyl (C=O) groups is 1. The van der Waals surface area contributed by atoms with Crippen molar-refractivity contribution in [1.29, 1.82) is 0 Å². The third kappa shape index (κ3) is 3.17. The van der Waals surface area contributed by atoms with Gasteiger partial charge >= 0.3 is 0 Å². The maximum Gasteiger partial charge on any atom is 0.254 e. The molecule has 0 radical (unpaired) electrons. The molecule has 0 spiro atoms. The average molecular weight is 333 g/mol. The first-order valence-corrected chi connectivity index (χ1v) is 8.08. The van der Waals surface area contributed by atoms with Crippen LogP contribution in [0.15, 0.2) is 34.0 Å². The fourth-order valence-electron chi connectivity index (χ4n) is 2.23. The lowest BCUT2D eigenvalue weighted by Crippen LogP contribution is -2.27. The molecule has 2 heterocycles. The lowest BCUT2D eigenvalue weighted by molar-refractivity contribution is 0.0259. The standard InChI is InChI=1S/C15H15N3O4S/c1-8-5-13(23-2)10(15(20)17-8)7-16-14(19)9-3-4-11-12(6-9)22-18-21-11/h3-6,18H,7H2,1-2H3,(H,16,19)(H,17,20). The number of aryl methyl sites for hydroxylation is 1. The van der Waals surface area contributed by atoms with Crippen molar-refractivity contribution >= 4 is 17.7 Å². The summed E-state index contributed by atoms with van der Waals surface area (Å²) in [4.78, 5) is 37.9. The van der Waals surface area contributed by atoms with Gasteiger partial charge in [0.2, 0.25) is 0 Å². The molecule has 1 aliphatic rings. The van der Waals surface area contributed by atoms with Gasteiger partial charge in [-0.3, -0.25) is 9.59 Å². The second-order valence-corrected chi connectivity index (χ2v) is 5.81. The highest BCUT2D eigenvalue weighted by Gasteiger charge is 2.17. The number of thioether (sulfide) groups is 1. The van der Waals surface area contributed by atoms with E-state index in [2.05, 4.69) is 15.9 Å². The number of pyridine rings is 1. The summed E-state index contributed by atoms with van der Waals surface area (Å²) >= 11 is 1.47. The van der Waals surface area contributed by atoms with Gasteiger partial charge in [0.1, 0.15) is 0 Å². The zero-order chi connectivity index (χ0) is 16.4. The normalized spacial score (nSPS) is 12.3. The van der Waals surface area contributed by atoms with E-state index in [1.807, 2.05) is 19.2 Å². The van der Waals surface area contributed by atoms with Gasteiger partial charge in [-0.2, -0.15) is 0 Å². The molecule has 0 unspecified atom stereocenters. The monoisotopic (exact) mass is 333 g/mol. The molecule has 0 fully saturated rings. The summed E-state index contributed by atoms with van der Waals surface area (Å²) in [5.74, 6) is 0.659. The number of aromatic amines is 1. The van der Waals surface area contributed by atoms with E-state index in [0.29, 0.717) is 22.6 Å². The molecule has 2 aromatic rings. The number of fused-ring (bicyclic) bond motifs is 1. The van der Waals surface area contributed by atoms with E-state index in [9.17, 15) is 9.59 Å². The van der Waals surface area contributed by atoms with Gasteiger partial charge < -0.3 is 20.0 Å². The number of benzene rings is 1. The predicted molar refractivity (Wildman–Crippen MR) is 85.6 cm³/mol. The van der Waals surface area contributed by atoms with Crippen molar-refractivity contribution in [1.82, 2.24) is 15.9 Å². The zero-order valence-electron chi connectivity index (χ0n) is 12.6. The van der Waals surface area contributed by atoms with E-state index >= 15 is 0 Å². The van der Waals surface area contributed by atoms with Gasteiger partial charge in [0.05, 0.1) is 0 Å². The zero-order valence-corrected chi connectivity index (χ0v) is 13.4. The molecule has 0 aliphatic carbocycles. The van der Waals surface area contributed by atoms with Crippen LogP contribution in [0, 0.1) is 6.92 Å². The molecule has 3 rings (SSSR count). The van der Waals surface area contributed by atoms with Crippen LogP contribution in [0.5, 0.6) is 11.5 Å². The van der Waals surface area contributed by atoms with Crippen molar-refractivity contribution in [3.05, 3.63) is 51.4 Å². The maximum absolute atomic E-state index is 12.2. The second-order valence-electron chi connectivity index (χ2n) is 4.96. The van der Waals surface area contributed by atoms with E-state index in [-0.39, 0.29) is 18.0 Å². The molecule has 8 heteroatoms. The van der Waals surface area contributed by atoms with E-state index in [4.69, 9.17) is 9.68 Å². The van der Waals surface area contributed by atoms with Crippen molar-refractivity contribution in [3.63, 3.8) is 0 Å². The van der Waals surface area contributed by atoms with Crippen molar-refractivity contribution in [2.75, 3.05) is 6.26 Å². The summed E-state index contributed by atoms with van der Waals surface area (Å²) in [7, 11) is 0. The average Bonchev–Trinajstić information content (AvgIpc) is 3.00. The Kier molecular flexibility index (Phi) is 4.26. The summed E-state index contributed by atoms with van der Waals surface area (Å²) in [6.45, 7) is 1.97. The summed E-state index contributed by atoms with van der Waals surface area (Å²) in [5.41, 5.74) is 3.82. The molecule has 1 aliphatic heterocycles. The lowest BCUT2D eigenvalue weighted by atomic mass is 10.2. The SMILES string of the molecule is CSc1cc(C)[nH]c(=O)c1CNC(=O)c1ccc2c(c1)ONO2. The van der Waals surface area contributed by atoms with Gasteiger partial charge in [0, 0.05) is 33.9 Å². The largest absolute Gasteiger partial charge is 0.370 e. The molecule has 1 aromatic carbocycles. The van der Waals surface area contributed by atoms with Gasteiger partial charge in [0.15, 0.2) is 11.5 Å². The topological polar surface area (TPSA) is 92.5 Å². The van der Waals surface area contributed by atoms with Gasteiger partial charge in [-0.05, 0) is 37.4 Å². The summed E-state index contributed by atoms with van der Waals surface area (Å²) in [6.07, 6.45) is 1.89. The Morgan fingerprint density at radius 3 is 2.83 bits per heavy atom. The van der Waals surface area contributed by atoms with E-state index < -0.39 is 0 Å². The molecule has 23 heavy (non-hydrogen) atoms. The van der Waals surface area contributed by atoms with Crippen LogP contribution in [0.2, 0.25) is 0 Å². The highest BCUT2D eigenvalue weighted by Crippen LogP contribution is 2.30. The minimum Gasteiger partial charge on any atom is -0.370 e. The molecule has 1 aromatic heterocycles. The van der Waals surface area contributed by atoms with Crippen LogP contribution in [0.3, 0.4) is 0 Å². The van der Waals surface area contributed by atoms with Crippen molar-refractivity contribution in [3.8, 4) is 11.5 Å². The van der Waals surface area contributed by atoms with Crippen LogP contribution >= 0.6 is 11.8 Å². The molecular formula is C15H15N3O4S. The quantitative estimate of drug-likeness (QED) is 0.735. The number of hydrogen-bond donors (Lipinski definition) is 3.